The Morgan fingerprint density at radius 3 is 2.88 bits per heavy atom. The fourth-order valence-electron chi connectivity index (χ4n) is 1.43. The molecule has 1 amide bonds. The summed E-state index contributed by atoms with van der Waals surface area (Å²) in [5.41, 5.74) is 0.834. The topological polar surface area (TPSA) is 59.6 Å². The van der Waals surface area contributed by atoms with E-state index in [0.717, 1.165) is 0 Å². The zero-order chi connectivity index (χ0) is 12.3. The number of hydrogen-bond acceptors (Lipinski definition) is 3. The van der Waals surface area contributed by atoms with Crippen LogP contribution in [-0.2, 0) is 4.79 Å². The molecule has 17 heavy (non-hydrogen) atoms. The van der Waals surface area contributed by atoms with E-state index in [2.05, 4.69) is 15.3 Å². The first kappa shape index (κ1) is 11.1. The zero-order valence-electron chi connectivity index (χ0n) is 9.04. The Bertz CT molecular complexity index is 577. The summed E-state index contributed by atoms with van der Waals surface area (Å²) in [6.45, 7) is 1.69. The van der Waals surface area contributed by atoms with Crippen LogP contribution in [0, 0.1) is 12.7 Å². The number of hydrogen-bond donors (Lipinski definition) is 0. The fraction of sp³-hybridized carbons (Fsp3) is 0.0909. The molecule has 2 rings (SSSR count). The third-order valence-electron chi connectivity index (χ3n) is 2.20. The maximum absolute atomic E-state index is 13.5. The molecule has 0 spiro atoms. The van der Waals surface area contributed by atoms with Crippen molar-refractivity contribution >= 4 is 6.41 Å². The summed E-state index contributed by atoms with van der Waals surface area (Å²) in [7, 11) is 0. The number of benzene rings is 1. The number of imidazole rings is 1. The number of carbonyl (C=O) groups is 1. The standard InChI is InChI=1S/C11H9FN4O/c1-8-14-11(6-16(8)15-13-7-17)9-4-2-3-5-10(9)12/h2-7H,1H3. The summed E-state index contributed by atoms with van der Waals surface area (Å²) >= 11 is 0. The minimum Gasteiger partial charge on any atom is -0.275 e. The van der Waals surface area contributed by atoms with Crippen molar-refractivity contribution < 1.29 is 9.18 Å². The van der Waals surface area contributed by atoms with Crippen molar-refractivity contribution in [1.29, 1.82) is 0 Å². The second-order valence-electron chi connectivity index (χ2n) is 3.31. The largest absolute Gasteiger partial charge is 0.275 e. The molecule has 1 aromatic heterocycles. The predicted octanol–water partition coefficient (Wildman–Crippen LogP) is 2.37. The van der Waals surface area contributed by atoms with E-state index in [1.54, 1.807) is 25.1 Å². The van der Waals surface area contributed by atoms with Crippen molar-refractivity contribution in [3.8, 4) is 11.3 Å². The van der Waals surface area contributed by atoms with Gasteiger partial charge in [0.15, 0.2) is 0 Å². The van der Waals surface area contributed by atoms with Crippen molar-refractivity contribution in [2.45, 2.75) is 6.92 Å². The zero-order valence-corrected chi connectivity index (χ0v) is 9.04. The van der Waals surface area contributed by atoms with Crippen LogP contribution in [0.5, 0.6) is 0 Å². The summed E-state index contributed by atoms with van der Waals surface area (Å²) in [5, 5.41) is 6.79. The van der Waals surface area contributed by atoms with Crippen LogP contribution in [0.2, 0.25) is 0 Å². The Morgan fingerprint density at radius 1 is 1.41 bits per heavy atom. The average Bonchev–Trinajstić information content (AvgIpc) is 2.68. The lowest BCUT2D eigenvalue weighted by Gasteiger charge is -1.96. The molecule has 2 aromatic rings. The minimum atomic E-state index is -0.357. The van der Waals surface area contributed by atoms with E-state index in [9.17, 15) is 9.18 Å². The molecule has 0 aliphatic rings. The van der Waals surface area contributed by atoms with Gasteiger partial charge in [0.25, 0.3) is 6.41 Å². The minimum absolute atomic E-state index is 0.322. The lowest BCUT2D eigenvalue weighted by molar-refractivity contribution is -0.107. The molecule has 0 N–H and O–H groups in total. The van der Waals surface area contributed by atoms with Crippen molar-refractivity contribution in [2.75, 3.05) is 0 Å². The van der Waals surface area contributed by atoms with Gasteiger partial charge in [-0.15, -0.1) is 0 Å². The van der Waals surface area contributed by atoms with Crippen LogP contribution in [0.1, 0.15) is 5.82 Å². The number of halogens is 1. The number of aromatic nitrogens is 2. The molecule has 5 nitrogen and oxygen atoms in total. The van der Waals surface area contributed by atoms with Gasteiger partial charge in [-0.25, -0.2) is 14.1 Å². The molecule has 0 aliphatic carbocycles. The van der Waals surface area contributed by atoms with E-state index in [4.69, 9.17) is 0 Å². The molecule has 0 unspecified atom stereocenters. The third-order valence-corrected chi connectivity index (χ3v) is 2.20. The fourth-order valence-corrected chi connectivity index (χ4v) is 1.43. The Morgan fingerprint density at radius 2 is 2.18 bits per heavy atom. The van der Waals surface area contributed by atoms with Crippen LogP contribution in [0.4, 0.5) is 4.39 Å². The molecule has 6 heteroatoms. The van der Waals surface area contributed by atoms with Gasteiger partial charge in [0.1, 0.15) is 11.6 Å². The summed E-state index contributed by atoms with van der Waals surface area (Å²) in [6, 6.07) is 6.31. The van der Waals surface area contributed by atoms with Crippen molar-refractivity contribution in [2.24, 2.45) is 10.3 Å². The van der Waals surface area contributed by atoms with Crippen molar-refractivity contribution in [3.05, 3.63) is 42.1 Å². The van der Waals surface area contributed by atoms with Gasteiger partial charge < -0.3 is 0 Å². The van der Waals surface area contributed by atoms with Gasteiger partial charge in [-0.05, 0) is 19.1 Å². The summed E-state index contributed by atoms with van der Waals surface area (Å²) in [5.74, 6) is 0.165. The SMILES string of the molecule is Cc1nc(-c2ccccc2F)cn1N=NC=O. The molecular weight excluding hydrogens is 223 g/mol. The number of nitrogens with zero attached hydrogens (tertiary/aromatic N) is 4. The van der Waals surface area contributed by atoms with Gasteiger partial charge in [0.05, 0.1) is 11.9 Å². The summed E-state index contributed by atoms with van der Waals surface area (Å²) < 4.78 is 14.8. The number of rotatable bonds is 3. The Hall–Kier alpha value is -2.37. The van der Waals surface area contributed by atoms with Crippen LogP contribution < -0.4 is 0 Å². The smallest absolute Gasteiger partial charge is 0.254 e. The molecule has 1 heterocycles. The second-order valence-corrected chi connectivity index (χ2v) is 3.31. The number of aryl methyl sites for hydroxylation is 1. The first-order valence-electron chi connectivity index (χ1n) is 4.88. The highest BCUT2D eigenvalue weighted by molar-refractivity contribution is 5.59. The first-order valence-corrected chi connectivity index (χ1v) is 4.88. The highest BCUT2D eigenvalue weighted by Crippen LogP contribution is 2.21. The van der Waals surface area contributed by atoms with Gasteiger partial charge >= 0.3 is 0 Å². The number of carbonyl (C=O) groups excluding carboxylic acids is 1. The maximum atomic E-state index is 13.5. The first-order chi connectivity index (χ1) is 8.22. The van der Waals surface area contributed by atoms with E-state index < -0.39 is 0 Å². The van der Waals surface area contributed by atoms with Gasteiger partial charge in [-0.1, -0.05) is 22.5 Å². The Kier molecular flexibility index (Phi) is 3.04. The number of amides is 1. The van der Waals surface area contributed by atoms with E-state index in [0.29, 0.717) is 23.5 Å². The Labute approximate surface area is 96.6 Å². The van der Waals surface area contributed by atoms with E-state index in [-0.39, 0.29) is 5.82 Å². The van der Waals surface area contributed by atoms with Crippen LogP contribution in [0.3, 0.4) is 0 Å². The Balaban J connectivity index is 2.45. The average molecular weight is 232 g/mol. The summed E-state index contributed by atoms with van der Waals surface area (Å²) in [6.07, 6.45) is 1.84. The maximum Gasteiger partial charge on any atom is 0.254 e. The normalized spacial score (nSPS) is 10.9. The van der Waals surface area contributed by atoms with Crippen LogP contribution >= 0.6 is 0 Å². The van der Waals surface area contributed by atoms with Gasteiger partial charge in [-0.2, -0.15) is 0 Å². The van der Waals surface area contributed by atoms with Gasteiger partial charge in [-0.3, -0.25) is 4.79 Å². The van der Waals surface area contributed by atoms with Crippen LogP contribution in [-0.4, -0.2) is 16.1 Å². The highest BCUT2D eigenvalue weighted by Gasteiger charge is 2.09. The van der Waals surface area contributed by atoms with Crippen molar-refractivity contribution in [3.63, 3.8) is 0 Å². The summed E-state index contributed by atoms with van der Waals surface area (Å²) in [4.78, 5) is 14.2. The molecule has 0 radical (unpaired) electrons. The molecule has 86 valence electrons. The van der Waals surface area contributed by atoms with E-state index >= 15 is 0 Å². The van der Waals surface area contributed by atoms with Gasteiger partial charge in [0, 0.05) is 5.56 Å². The highest BCUT2D eigenvalue weighted by atomic mass is 19.1. The van der Waals surface area contributed by atoms with E-state index in [1.807, 2.05) is 0 Å². The van der Waals surface area contributed by atoms with Crippen LogP contribution in [0.15, 0.2) is 40.8 Å². The molecule has 0 saturated heterocycles. The van der Waals surface area contributed by atoms with Crippen molar-refractivity contribution in [1.82, 2.24) is 9.66 Å². The molecular formula is C11H9FN4O. The lowest BCUT2D eigenvalue weighted by atomic mass is 10.1. The van der Waals surface area contributed by atoms with E-state index in [1.165, 1.54) is 16.9 Å². The monoisotopic (exact) mass is 232 g/mol. The molecule has 0 atom stereocenters. The van der Waals surface area contributed by atoms with Gasteiger partial charge in [0.2, 0.25) is 0 Å². The lowest BCUT2D eigenvalue weighted by Crippen LogP contribution is -1.87. The molecule has 0 fully saturated rings. The predicted molar refractivity (Wildman–Crippen MR) is 58.7 cm³/mol. The molecule has 0 aliphatic heterocycles. The third kappa shape index (κ3) is 2.25. The molecule has 0 saturated carbocycles. The quantitative estimate of drug-likeness (QED) is 0.602. The second kappa shape index (κ2) is 4.65. The molecule has 1 aromatic carbocycles. The van der Waals surface area contributed by atoms with Crippen LogP contribution in [0.25, 0.3) is 11.3 Å². The molecule has 0 bridgehead atoms.